The fraction of sp³-hybridized carbons (Fsp3) is 0.381. The van der Waals surface area contributed by atoms with Gasteiger partial charge in [0.1, 0.15) is 5.75 Å². The molecule has 0 bridgehead atoms. The van der Waals surface area contributed by atoms with Crippen molar-refractivity contribution < 1.29 is 4.74 Å². The molecular formula is C21H30N4O. The molecule has 0 spiro atoms. The van der Waals surface area contributed by atoms with E-state index in [4.69, 9.17) is 4.74 Å². The molecule has 2 aromatic rings. The molecule has 2 aromatic carbocycles. The first-order valence-electron chi connectivity index (χ1n) is 8.99. The third-order valence-electron chi connectivity index (χ3n) is 4.31. The third kappa shape index (κ3) is 6.08. The van der Waals surface area contributed by atoms with Gasteiger partial charge in [-0.05, 0) is 30.8 Å². The average Bonchev–Trinajstić information content (AvgIpc) is 2.68. The summed E-state index contributed by atoms with van der Waals surface area (Å²) in [4.78, 5) is 6.60. The van der Waals surface area contributed by atoms with Gasteiger partial charge < -0.3 is 20.3 Å². The quantitative estimate of drug-likeness (QED) is 0.565. The molecule has 0 saturated carbocycles. The lowest BCUT2D eigenvalue weighted by Crippen LogP contribution is -2.36. The van der Waals surface area contributed by atoms with E-state index >= 15 is 0 Å². The number of hydrogen-bond acceptors (Lipinski definition) is 3. The zero-order valence-electron chi connectivity index (χ0n) is 16.2. The van der Waals surface area contributed by atoms with E-state index in [-0.39, 0.29) is 0 Å². The zero-order valence-corrected chi connectivity index (χ0v) is 16.2. The highest BCUT2D eigenvalue weighted by molar-refractivity contribution is 5.79. The Kier molecular flexibility index (Phi) is 7.96. The largest absolute Gasteiger partial charge is 0.496 e. The highest BCUT2D eigenvalue weighted by Crippen LogP contribution is 2.16. The number of methoxy groups -OCH3 is 1. The Morgan fingerprint density at radius 2 is 1.77 bits per heavy atom. The van der Waals surface area contributed by atoms with Crippen molar-refractivity contribution in [3.8, 4) is 5.75 Å². The van der Waals surface area contributed by atoms with Crippen molar-refractivity contribution in [1.82, 2.24) is 15.5 Å². The molecule has 2 N–H and O–H groups in total. The summed E-state index contributed by atoms with van der Waals surface area (Å²) in [5, 5.41) is 6.71. The molecule has 5 heteroatoms. The van der Waals surface area contributed by atoms with Crippen LogP contribution in [0.1, 0.15) is 23.6 Å². The van der Waals surface area contributed by atoms with Gasteiger partial charge in [0.05, 0.1) is 7.11 Å². The van der Waals surface area contributed by atoms with Gasteiger partial charge in [0.2, 0.25) is 0 Å². The van der Waals surface area contributed by atoms with E-state index in [2.05, 4.69) is 58.8 Å². The molecule has 2 rings (SSSR count). The Balaban J connectivity index is 1.90. The Morgan fingerprint density at radius 3 is 2.50 bits per heavy atom. The molecule has 0 radical (unpaired) electrons. The fourth-order valence-electron chi connectivity index (χ4n) is 2.70. The van der Waals surface area contributed by atoms with Crippen LogP contribution in [0.4, 0.5) is 0 Å². The minimum absolute atomic E-state index is 0.658. The molecule has 0 atom stereocenters. The fourth-order valence-corrected chi connectivity index (χ4v) is 2.70. The van der Waals surface area contributed by atoms with Gasteiger partial charge in [0.25, 0.3) is 0 Å². The first kappa shape index (κ1) is 19.8. The van der Waals surface area contributed by atoms with Gasteiger partial charge in [-0.1, -0.05) is 49.4 Å². The molecule has 26 heavy (non-hydrogen) atoms. The Morgan fingerprint density at radius 1 is 1.04 bits per heavy atom. The van der Waals surface area contributed by atoms with Crippen LogP contribution < -0.4 is 15.4 Å². The van der Waals surface area contributed by atoms with Crippen LogP contribution in [0, 0.1) is 0 Å². The number of rotatable bonds is 8. The first-order chi connectivity index (χ1) is 12.7. The van der Waals surface area contributed by atoms with Crippen molar-refractivity contribution in [2.45, 2.75) is 26.6 Å². The van der Waals surface area contributed by atoms with E-state index in [1.54, 1.807) is 14.2 Å². The summed E-state index contributed by atoms with van der Waals surface area (Å²) in [5.74, 6) is 1.65. The van der Waals surface area contributed by atoms with Crippen molar-refractivity contribution in [2.24, 2.45) is 4.99 Å². The Bertz CT molecular complexity index is 715. The maximum atomic E-state index is 5.39. The molecule has 0 amide bonds. The maximum absolute atomic E-state index is 5.39. The summed E-state index contributed by atoms with van der Waals surface area (Å²) in [6, 6.07) is 16.7. The summed E-state index contributed by atoms with van der Waals surface area (Å²) in [6.45, 7) is 5.57. The molecule has 0 unspecified atom stereocenters. The van der Waals surface area contributed by atoms with Gasteiger partial charge in [-0.2, -0.15) is 0 Å². The monoisotopic (exact) mass is 354 g/mol. The van der Waals surface area contributed by atoms with Gasteiger partial charge in [0.15, 0.2) is 5.96 Å². The summed E-state index contributed by atoms with van der Waals surface area (Å²) in [7, 11) is 5.60. The van der Waals surface area contributed by atoms with E-state index in [0.717, 1.165) is 36.9 Å². The van der Waals surface area contributed by atoms with Crippen LogP contribution in [0.3, 0.4) is 0 Å². The average molecular weight is 354 g/mol. The van der Waals surface area contributed by atoms with Crippen LogP contribution in [-0.4, -0.2) is 38.6 Å². The molecule has 0 heterocycles. The molecule has 0 aliphatic heterocycles. The number of nitrogens with zero attached hydrogens (tertiary/aromatic N) is 2. The van der Waals surface area contributed by atoms with Gasteiger partial charge in [-0.15, -0.1) is 0 Å². The summed E-state index contributed by atoms with van der Waals surface area (Å²) >= 11 is 0. The van der Waals surface area contributed by atoms with E-state index in [1.165, 1.54) is 11.1 Å². The minimum atomic E-state index is 0.658. The van der Waals surface area contributed by atoms with E-state index in [9.17, 15) is 0 Å². The SMILES string of the molecule is CCN(C)Cc1cccc(CNC(=NC)NCc2ccccc2OC)c1. The second-order valence-electron chi connectivity index (χ2n) is 6.24. The van der Waals surface area contributed by atoms with Gasteiger partial charge >= 0.3 is 0 Å². The molecule has 5 nitrogen and oxygen atoms in total. The molecule has 0 aromatic heterocycles. The molecular weight excluding hydrogens is 324 g/mol. The summed E-state index contributed by atoms with van der Waals surface area (Å²) in [5.41, 5.74) is 3.67. The molecule has 0 saturated heterocycles. The Labute approximate surface area is 157 Å². The van der Waals surface area contributed by atoms with Crippen molar-refractivity contribution in [2.75, 3.05) is 27.7 Å². The van der Waals surface area contributed by atoms with Crippen LogP contribution in [0.25, 0.3) is 0 Å². The molecule has 0 fully saturated rings. The number of nitrogens with one attached hydrogen (secondary N) is 2. The molecule has 0 aliphatic carbocycles. The topological polar surface area (TPSA) is 48.9 Å². The van der Waals surface area contributed by atoms with Crippen LogP contribution in [-0.2, 0) is 19.6 Å². The summed E-state index contributed by atoms with van der Waals surface area (Å²) < 4.78 is 5.39. The number of para-hydroxylation sites is 1. The first-order valence-corrected chi connectivity index (χ1v) is 8.99. The van der Waals surface area contributed by atoms with E-state index in [1.807, 2.05) is 24.3 Å². The van der Waals surface area contributed by atoms with Crippen LogP contribution in [0.2, 0.25) is 0 Å². The molecule has 140 valence electrons. The van der Waals surface area contributed by atoms with Crippen LogP contribution in [0.15, 0.2) is 53.5 Å². The second-order valence-corrected chi connectivity index (χ2v) is 6.24. The third-order valence-corrected chi connectivity index (χ3v) is 4.31. The zero-order chi connectivity index (χ0) is 18.8. The number of hydrogen-bond donors (Lipinski definition) is 2. The number of benzene rings is 2. The number of ether oxygens (including phenoxy) is 1. The molecule has 0 aliphatic rings. The van der Waals surface area contributed by atoms with Crippen LogP contribution >= 0.6 is 0 Å². The second kappa shape index (κ2) is 10.5. The van der Waals surface area contributed by atoms with Crippen LogP contribution in [0.5, 0.6) is 5.75 Å². The van der Waals surface area contributed by atoms with Gasteiger partial charge in [-0.3, -0.25) is 4.99 Å². The lowest BCUT2D eigenvalue weighted by Gasteiger charge is -2.16. The number of guanidine groups is 1. The van der Waals surface area contributed by atoms with Crippen molar-refractivity contribution in [3.63, 3.8) is 0 Å². The van der Waals surface area contributed by atoms with E-state index < -0.39 is 0 Å². The highest BCUT2D eigenvalue weighted by Gasteiger charge is 2.04. The van der Waals surface area contributed by atoms with Crippen molar-refractivity contribution in [1.29, 1.82) is 0 Å². The number of aliphatic imine (C=N–C) groups is 1. The summed E-state index contributed by atoms with van der Waals surface area (Å²) in [6.07, 6.45) is 0. The standard InChI is InChI=1S/C21H30N4O/c1-5-25(3)16-18-10-8-9-17(13-18)14-23-21(22-2)24-15-19-11-6-7-12-20(19)26-4/h6-13H,5,14-16H2,1-4H3,(H2,22,23,24). The minimum Gasteiger partial charge on any atom is -0.496 e. The normalized spacial score (nSPS) is 11.5. The van der Waals surface area contributed by atoms with Gasteiger partial charge in [-0.25, -0.2) is 0 Å². The highest BCUT2D eigenvalue weighted by atomic mass is 16.5. The predicted molar refractivity (Wildman–Crippen MR) is 108 cm³/mol. The Hall–Kier alpha value is -2.53. The smallest absolute Gasteiger partial charge is 0.191 e. The van der Waals surface area contributed by atoms with Crippen molar-refractivity contribution >= 4 is 5.96 Å². The predicted octanol–water partition coefficient (Wildman–Crippen LogP) is 3.01. The maximum Gasteiger partial charge on any atom is 0.191 e. The lowest BCUT2D eigenvalue weighted by atomic mass is 10.1. The van der Waals surface area contributed by atoms with Gasteiger partial charge in [0, 0.05) is 32.2 Å². The lowest BCUT2D eigenvalue weighted by molar-refractivity contribution is 0.345. The van der Waals surface area contributed by atoms with Crippen molar-refractivity contribution in [3.05, 3.63) is 65.2 Å². The van der Waals surface area contributed by atoms with E-state index in [0.29, 0.717) is 6.54 Å².